The molecule has 0 spiro atoms. The topological polar surface area (TPSA) is 87.7 Å². The molecule has 2 amide bonds. The largest absolute Gasteiger partial charge is 0.423 e. The highest BCUT2D eigenvalue weighted by atomic mass is 16.4. The van der Waals surface area contributed by atoms with E-state index >= 15 is 0 Å². The zero-order chi connectivity index (χ0) is 19.3. The fourth-order valence-corrected chi connectivity index (χ4v) is 3.66. The zero-order valence-corrected chi connectivity index (χ0v) is 15.5. The number of hydrogen-bond donors (Lipinski definition) is 0. The maximum Gasteiger partial charge on any atom is 0.298 e. The van der Waals surface area contributed by atoms with Crippen LogP contribution in [0.25, 0.3) is 11.1 Å². The zero-order valence-electron chi connectivity index (χ0n) is 15.5. The monoisotopic (exact) mass is 380 g/mol. The van der Waals surface area contributed by atoms with E-state index in [1.165, 1.54) is 0 Å². The molecule has 5 rings (SSSR count). The second kappa shape index (κ2) is 6.36. The summed E-state index contributed by atoms with van der Waals surface area (Å²) in [6.45, 7) is 3.57. The highest BCUT2D eigenvalue weighted by Crippen LogP contribution is 2.23. The van der Waals surface area contributed by atoms with Gasteiger partial charge >= 0.3 is 0 Å². The summed E-state index contributed by atoms with van der Waals surface area (Å²) >= 11 is 0. The van der Waals surface area contributed by atoms with Crippen LogP contribution in [0.2, 0.25) is 0 Å². The Morgan fingerprint density at radius 1 is 1.07 bits per heavy atom. The third kappa shape index (κ3) is 2.70. The van der Waals surface area contributed by atoms with Crippen molar-refractivity contribution in [2.24, 2.45) is 0 Å². The summed E-state index contributed by atoms with van der Waals surface area (Å²) in [6.07, 6.45) is 0. The number of carbonyl (C=O) groups is 2. The van der Waals surface area contributed by atoms with Gasteiger partial charge in [-0.15, -0.1) is 0 Å². The van der Waals surface area contributed by atoms with Gasteiger partial charge in [0.05, 0.1) is 6.54 Å². The minimum atomic E-state index is -0.144. The van der Waals surface area contributed by atoms with E-state index in [-0.39, 0.29) is 11.8 Å². The average molecular weight is 380 g/mol. The molecule has 9 nitrogen and oxygen atoms in total. The van der Waals surface area contributed by atoms with Crippen LogP contribution in [0.5, 0.6) is 0 Å². The van der Waals surface area contributed by atoms with E-state index in [4.69, 9.17) is 4.42 Å². The second-order valence-corrected chi connectivity index (χ2v) is 7.11. The fourth-order valence-electron chi connectivity index (χ4n) is 3.66. The van der Waals surface area contributed by atoms with E-state index in [1.54, 1.807) is 27.6 Å². The third-order valence-electron chi connectivity index (χ3n) is 5.33. The number of aromatic nitrogens is 3. The summed E-state index contributed by atoms with van der Waals surface area (Å²) in [5, 5.41) is 4.35. The minimum Gasteiger partial charge on any atom is -0.423 e. The summed E-state index contributed by atoms with van der Waals surface area (Å²) in [6, 6.07) is 9.85. The Bertz CT molecular complexity index is 1030. The van der Waals surface area contributed by atoms with Crippen LogP contribution < -0.4 is 4.90 Å². The highest BCUT2D eigenvalue weighted by molar-refractivity contribution is 5.98. The maximum atomic E-state index is 12.9. The lowest BCUT2D eigenvalue weighted by Gasteiger charge is -2.33. The smallest absolute Gasteiger partial charge is 0.298 e. The normalized spacial score (nSPS) is 17.3. The molecule has 144 valence electrons. The first-order valence-corrected chi connectivity index (χ1v) is 9.33. The molecular formula is C19H20N6O3. The van der Waals surface area contributed by atoms with Gasteiger partial charge in [0, 0.05) is 45.8 Å². The summed E-state index contributed by atoms with van der Waals surface area (Å²) in [4.78, 5) is 35.0. The third-order valence-corrected chi connectivity index (χ3v) is 5.33. The van der Waals surface area contributed by atoms with Crippen molar-refractivity contribution < 1.29 is 14.0 Å². The quantitative estimate of drug-likeness (QED) is 0.661. The number of amides is 2. The van der Waals surface area contributed by atoms with Crippen molar-refractivity contribution in [2.75, 3.05) is 44.7 Å². The van der Waals surface area contributed by atoms with Gasteiger partial charge in [-0.25, -0.2) is 0 Å². The van der Waals surface area contributed by atoms with Crippen LogP contribution in [0.4, 0.5) is 6.01 Å². The van der Waals surface area contributed by atoms with Crippen molar-refractivity contribution in [3.63, 3.8) is 0 Å². The number of benzene rings is 1. The number of piperazine rings is 1. The Labute approximate surface area is 161 Å². The molecule has 0 aliphatic carbocycles. The summed E-state index contributed by atoms with van der Waals surface area (Å²) in [5.41, 5.74) is 2.39. The second-order valence-electron chi connectivity index (χ2n) is 7.11. The summed E-state index contributed by atoms with van der Waals surface area (Å²) < 4.78 is 7.45. The van der Waals surface area contributed by atoms with Crippen LogP contribution in [0.3, 0.4) is 0 Å². The lowest BCUT2D eigenvalue weighted by atomic mass is 10.2. The molecule has 1 saturated heterocycles. The van der Waals surface area contributed by atoms with Gasteiger partial charge in [-0.3, -0.25) is 14.3 Å². The number of para-hydroxylation sites is 2. The standard InChI is InChI=1S/C19H20N6O3/c1-22-6-11-25-15(18(22)27)12-14(21-25)17(26)23-7-9-24(10-8-23)19-20-13-4-2-3-5-16(13)28-19/h2-5,12H,6-11H2,1H3. The molecule has 1 fully saturated rings. The SMILES string of the molecule is CN1CCn2nc(C(=O)N3CCN(c4nc5ccccc5o4)CC3)cc2C1=O. The fraction of sp³-hybridized carbons (Fsp3) is 0.368. The Morgan fingerprint density at radius 2 is 1.86 bits per heavy atom. The predicted molar refractivity (Wildman–Crippen MR) is 101 cm³/mol. The Morgan fingerprint density at radius 3 is 2.64 bits per heavy atom. The molecule has 0 bridgehead atoms. The molecule has 3 aromatic rings. The van der Waals surface area contributed by atoms with E-state index in [2.05, 4.69) is 10.1 Å². The van der Waals surface area contributed by atoms with E-state index < -0.39 is 0 Å². The molecule has 0 N–H and O–H groups in total. The molecule has 9 heteroatoms. The van der Waals surface area contributed by atoms with Crippen molar-refractivity contribution >= 4 is 28.9 Å². The van der Waals surface area contributed by atoms with Crippen LogP contribution in [0.15, 0.2) is 34.7 Å². The van der Waals surface area contributed by atoms with Gasteiger partial charge in [0.1, 0.15) is 11.2 Å². The minimum absolute atomic E-state index is 0.0985. The van der Waals surface area contributed by atoms with Crippen molar-refractivity contribution in [3.8, 4) is 0 Å². The first-order valence-electron chi connectivity index (χ1n) is 9.33. The van der Waals surface area contributed by atoms with Crippen LogP contribution >= 0.6 is 0 Å². The summed E-state index contributed by atoms with van der Waals surface area (Å²) in [7, 11) is 1.76. The molecular weight excluding hydrogens is 360 g/mol. The lowest BCUT2D eigenvalue weighted by molar-refractivity contribution is 0.0727. The first kappa shape index (κ1) is 16.8. The number of hydrogen-bond acceptors (Lipinski definition) is 6. The maximum absolute atomic E-state index is 12.9. The Hall–Kier alpha value is -3.36. The molecule has 0 saturated carbocycles. The van der Waals surface area contributed by atoms with E-state index in [9.17, 15) is 9.59 Å². The van der Waals surface area contributed by atoms with Crippen LogP contribution in [0.1, 0.15) is 21.0 Å². The molecule has 2 aromatic heterocycles. The van der Waals surface area contributed by atoms with E-state index in [0.717, 1.165) is 11.1 Å². The summed E-state index contributed by atoms with van der Waals surface area (Å²) in [5.74, 6) is -0.242. The predicted octanol–water partition coefficient (Wildman–Crippen LogP) is 1.07. The van der Waals surface area contributed by atoms with Gasteiger partial charge in [0.25, 0.3) is 17.8 Å². The first-order chi connectivity index (χ1) is 13.6. The number of fused-ring (bicyclic) bond motifs is 2. The van der Waals surface area contributed by atoms with Gasteiger partial charge in [-0.2, -0.15) is 10.1 Å². The van der Waals surface area contributed by atoms with Crippen LogP contribution in [-0.4, -0.2) is 76.2 Å². The molecule has 0 radical (unpaired) electrons. The van der Waals surface area contributed by atoms with Gasteiger partial charge in [-0.05, 0) is 12.1 Å². The lowest BCUT2D eigenvalue weighted by Crippen LogP contribution is -2.49. The van der Waals surface area contributed by atoms with Crippen molar-refractivity contribution in [3.05, 3.63) is 41.7 Å². The number of oxazole rings is 1. The Balaban J connectivity index is 1.28. The average Bonchev–Trinajstić information content (AvgIpc) is 3.35. The molecule has 2 aliphatic heterocycles. The van der Waals surface area contributed by atoms with Crippen molar-refractivity contribution in [1.29, 1.82) is 0 Å². The molecule has 2 aliphatic rings. The number of nitrogens with zero attached hydrogens (tertiary/aromatic N) is 6. The molecule has 4 heterocycles. The number of rotatable bonds is 2. The number of carbonyl (C=O) groups excluding carboxylic acids is 2. The highest BCUT2D eigenvalue weighted by Gasteiger charge is 2.29. The number of likely N-dealkylation sites (N-methyl/N-ethyl adjacent to an activating group) is 1. The van der Waals surface area contributed by atoms with Gasteiger partial charge < -0.3 is 19.1 Å². The number of anilines is 1. The molecule has 28 heavy (non-hydrogen) atoms. The molecule has 0 atom stereocenters. The van der Waals surface area contributed by atoms with E-state index in [1.807, 2.05) is 29.2 Å². The van der Waals surface area contributed by atoms with Crippen molar-refractivity contribution in [2.45, 2.75) is 6.54 Å². The van der Waals surface area contributed by atoms with Gasteiger partial charge in [0.2, 0.25) is 0 Å². The molecule has 0 unspecified atom stereocenters. The van der Waals surface area contributed by atoms with Crippen LogP contribution in [0, 0.1) is 0 Å². The van der Waals surface area contributed by atoms with E-state index in [0.29, 0.717) is 56.7 Å². The molecule has 1 aromatic carbocycles. The van der Waals surface area contributed by atoms with Gasteiger partial charge in [0.15, 0.2) is 11.3 Å². The van der Waals surface area contributed by atoms with Gasteiger partial charge in [-0.1, -0.05) is 12.1 Å². The van der Waals surface area contributed by atoms with Crippen molar-refractivity contribution in [1.82, 2.24) is 24.6 Å². The van der Waals surface area contributed by atoms with Crippen LogP contribution in [-0.2, 0) is 6.54 Å². The Kier molecular flexibility index (Phi) is 3.81.